The Morgan fingerprint density at radius 2 is 2.00 bits per heavy atom. The molecule has 1 aromatic rings. The summed E-state index contributed by atoms with van der Waals surface area (Å²) >= 11 is 0. The summed E-state index contributed by atoms with van der Waals surface area (Å²) in [5.74, 6) is -0.0344. The number of carbonyl (C=O) groups is 1. The zero-order valence-electron chi connectivity index (χ0n) is 11.4. The molecule has 0 fully saturated rings. The molecule has 0 saturated carbocycles. The van der Waals surface area contributed by atoms with Gasteiger partial charge in [0.2, 0.25) is 0 Å². The lowest BCUT2D eigenvalue weighted by atomic mass is 10.2. The molecular weight excluding hydrogens is 260 g/mol. The van der Waals surface area contributed by atoms with E-state index in [1.165, 1.54) is 13.2 Å². The largest absolute Gasteiger partial charge is 0.504 e. The number of nitrogens with two attached hydrogens (primary N) is 1. The summed E-state index contributed by atoms with van der Waals surface area (Å²) in [6, 6.07) is 4.50. The van der Waals surface area contributed by atoms with Crippen LogP contribution >= 0.6 is 0 Å². The molecule has 6 N–H and O–H groups in total. The summed E-state index contributed by atoms with van der Waals surface area (Å²) < 4.78 is 4.91. The Kier molecular flexibility index (Phi) is 6.15. The molecule has 0 atom stereocenters. The van der Waals surface area contributed by atoms with E-state index < -0.39 is 0 Å². The molecule has 0 bridgehead atoms. The average molecular weight is 280 g/mol. The minimum atomic E-state index is -0.248. The van der Waals surface area contributed by atoms with E-state index in [0.717, 1.165) is 12.8 Å². The molecule has 0 aliphatic carbocycles. The molecule has 0 heterocycles. The van der Waals surface area contributed by atoms with Gasteiger partial charge in [-0.15, -0.1) is 0 Å². The van der Waals surface area contributed by atoms with Crippen LogP contribution in [0.4, 0.5) is 0 Å². The Morgan fingerprint density at radius 3 is 2.55 bits per heavy atom. The molecule has 1 amide bonds. The summed E-state index contributed by atoms with van der Waals surface area (Å²) in [6.45, 7) is 1.12. The van der Waals surface area contributed by atoms with E-state index in [-0.39, 0.29) is 17.6 Å². The first-order valence-corrected chi connectivity index (χ1v) is 6.27. The maximum atomic E-state index is 11.8. The number of phenolic OH excluding ortho intramolecular Hbond substituents is 1. The van der Waals surface area contributed by atoms with Crippen molar-refractivity contribution in [2.75, 3.05) is 20.2 Å². The molecule has 110 valence electrons. The van der Waals surface area contributed by atoms with Crippen LogP contribution < -0.4 is 21.1 Å². The Bertz CT molecular complexity index is 477. The summed E-state index contributed by atoms with van der Waals surface area (Å²) in [6.07, 6.45) is 1.57. The maximum Gasteiger partial charge on any atom is 0.251 e. The zero-order valence-corrected chi connectivity index (χ0v) is 11.4. The molecule has 7 heteroatoms. The van der Waals surface area contributed by atoms with Crippen LogP contribution in [0.3, 0.4) is 0 Å². The number of aromatic hydroxyl groups is 1. The van der Waals surface area contributed by atoms with Crippen molar-refractivity contribution in [2.24, 2.45) is 5.73 Å². The lowest BCUT2D eigenvalue weighted by Crippen LogP contribution is -2.31. The van der Waals surface area contributed by atoms with E-state index in [1.807, 2.05) is 0 Å². The minimum Gasteiger partial charge on any atom is -0.504 e. The fraction of sp³-hybridized carbons (Fsp3) is 0.385. The van der Waals surface area contributed by atoms with Crippen LogP contribution in [0.5, 0.6) is 11.5 Å². The van der Waals surface area contributed by atoms with Crippen molar-refractivity contribution in [1.82, 2.24) is 10.6 Å². The van der Waals surface area contributed by atoms with E-state index in [9.17, 15) is 9.90 Å². The second kappa shape index (κ2) is 7.88. The Hall–Kier alpha value is -2.44. The van der Waals surface area contributed by atoms with Gasteiger partial charge in [-0.05, 0) is 31.0 Å². The molecule has 20 heavy (non-hydrogen) atoms. The molecule has 7 nitrogen and oxygen atoms in total. The van der Waals surface area contributed by atoms with Crippen LogP contribution in [0.1, 0.15) is 23.2 Å². The zero-order chi connectivity index (χ0) is 15.0. The van der Waals surface area contributed by atoms with Gasteiger partial charge in [0, 0.05) is 18.7 Å². The Labute approximate surface area is 117 Å². The van der Waals surface area contributed by atoms with E-state index in [0.29, 0.717) is 24.4 Å². The number of ether oxygens (including phenoxy) is 1. The first-order chi connectivity index (χ1) is 9.54. The number of carbonyl (C=O) groups excluding carboxylic acids is 1. The fourth-order valence-electron chi connectivity index (χ4n) is 1.61. The highest BCUT2D eigenvalue weighted by atomic mass is 16.5. The molecule has 0 aliphatic rings. The number of rotatable bonds is 7. The van der Waals surface area contributed by atoms with E-state index in [2.05, 4.69) is 10.6 Å². The molecule has 0 aliphatic heterocycles. The monoisotopic (exact) mass is 280 g/mol. The van der Waals surface area contributed by atoms with E-state index in [4.69, 9.17) is 15.9 Å². The van der Waals surface area contributed by atoms with Crippen molar-refractivity contribution in [3.05, 3.63) is 23.8 Å². The van der Waals surface area contributed by atoms with Crippen LogP contribution in [0.2, 0.25) is 0 Å². The highest BCUT2D eigenvalue weighted by molar-refractivity contribution is 5.94. The molecule has 0 aromatic heterocycles. The van der Waals surface area contributed by atoms with E-state index in [1.54, 1.807) is 12.1 Å². The SMILES string of the molecule is COc1ccc(C(=O)NCCCCNC(=N)N)cc1O. The Balaban J connectivity index is 2.32. The summed E-state index contributed by atoms with van der Waals surface area (Å²) in [5, 5.41) is 22.0. The van der Waals surface area contributed by atoms with Gasteiger partial charge in [0.25, 0.3) is 5.91 Å². The fourth-order valence-corrected chi connectivity index (χ4v) is 1.61. The van der Waals surface area contributed by atoms with E-state index >= 15 is 0 Å². The standard InChI is InChI=1S/C13H20N4O3/c1-20-11-5-4-9(8-10(11)18)12(19)16-6-2-3-7-17-13(14)15/h4-5,8,18H,2-3,6-7H2,1H3,(H,16,19)(H4,14,15,17). The van der Waals surface area contributed by atoms with Gasteiger partial charge in [-0.2, -0.15) is 0 Å². The highest BCUT2D eigenvalue weighted by Gasteiger charge is 2.08. The normalized spacial score (nSPS) is 9.85. The van der Waals surface area contributed by atoms with Crippen molar-refractivity contribution in [3.8, 4) is 11.5 Å². The molecule has 1 aromatic carbocycles. The minimum absolute atomic E-state index is 0.0530. The highest BCUT2D eigenvalue weighted by Crippen LogP contribution is 2.25. The van der Waals surface area contributed by atoms with Crippen LogP contribution in [0, 0.1) is 5.41 Å². The molecular formula is C13H20N4O3. The van der Waals surface area contributed by atoms with Gasteiger partial charge < -0.3 is 26.2 Å². The smallest absolute Gasteiger partial charge is 0.251 e. The summed E-state index contributed by atoms with van der Waals surface area (Å²) in [4.78, 5) is 11.8. The van der Waals surface area contributed by atoms with Crippen molar-refractivity contribution >= 4 is 11.9 Å². The number of unbranched alkanes of at least 4 members (excludes halogenated alkanes) is 1. The number of nitrogens with one attached hydrogen (secondary N) is 3. The van der Waals surface area contributed by atoms with Crippen molar-refractivity contribution in [1.29, 1.82) is 5.41 Å². The van der Waals surface area contributed by atoms with Crippen molar-refractivity contribution in [2.45, 2.75) is 12.8 Å². The van der Waals surface area contributed by atoms with Crippen molar-refractivity contribution in [3.63, 3.8) is 0 Å². The first kappa shape index (κ1) is 15.6. The second-order valence-corrected chi connectivity index (χ2v) is 4.19. The quantitative estimate of drug-likeness (QED) is 0.281. The number of phenols is 1. The predicted octanol–water partition coefficient (Wildman–Crippen LogP) is 0.394. The van der Waals surface area contributed by atoms with Gasteiger partial charge in [0.15, 0.2) is 17.5 Å². The molecule has 0 saturated heterocycles. The van der Waals surface area contributed by atoms with Crippen LogP contribution in [-0.2, 0) is 0 Å². The maximum absolute atomic E-state index is 11.8. The number of guanidine groups is 1. The van der Waals surface area contributed by atoms with Crippen molar-refractivity contribution < 1.29 is 14.6 Å². The van der Waals surface area contributed by atoms with Gasteiger partial charge in [0.05, 0.1) is 7.11 Å². The molecule has 1 rings (SSSR count). The molecule has 0 spiro atoms. The Morgan fingerprint density at radius 1 is 1.35 bits per heavy atom. The average Bonchev–Trinajstić information content (AvgIpc) is 2.42. The number of benzene rings is 1. The third-order valence-corrected chi connectivity index (χ3v) is 2.65. The number of amides is 1. The molecule has 0 unspecified atom stereocenters. The van der Waals surface area contributed by atoms with Gasteiger partial charge in [-0.25, -0.2) is 0 Å². The second-order valence-electron chi connectivity index (χ2n) is 4.19. The third kappa shape index (κ3) is 5.05. The first-order valence-electron chi connectivity index (χ1n) is 6.27. The molecule has 0 radical (unpaired) electrons. The topological polar surface area (TPSA) is 120 Å². The van der Waals surface area contributed by atoms with Gasteiger partial charge >= 0.3 is 0 Å². The lowest BCUT2D eigenvalue weighted by molar-refractivity contribution is 0.0952. The third-order valence-electron chi connectivity index (χ3n) is 2.65. The predicted molar refractivity (Wildman–Crippen MR) is 76.1 cm³/mol. The van der Waals surface area contributed by atoms with Gasteiger partial charge in [-0.3, -0.25) is 10.2 Å². The van der Waals surface area contributed by atoms with Gasteiger partial charge in [-0.1, -0.05) is 0 Å². The summed E-state index contributed by atoms with van der Waals surface area (Å²) in [7, 11) is 1.45. The van der Waals surface area contributed by atoms with Crippen LogP contribution in [0.15, 0.2) is 18.2 Å². The number of methoxy groups -OCH3 is 1. The van der Waals surface area contributed by atoms with Gasteiger partial charge in [0.1, 0.15) is 0 Å². The lowest BCUT2D eigenvalue weighted by Gasteiger charge is -2.08. The number of hydrogen-bond donors (Lipinski definition) is 5. The number of hydrogen-bond acceptors (Lipinski definition) is 4. The summed E-state index contributed by atoms with van der Waals surface area (Å²) in [5.41, 5.74) is 5.52. The van der Waals surface area contributed by atoms with Crippen LogP contribution in [-0.4, -0.2) is 37.2 Å². The van der Waals surface area contributed by atoms with Crippen LogP contribution in [0.25, 0.3) is 0 Å².